The number of ether oxygens (including phenoxy) is 3. The van der Waals surface area contributed by atoms with Crippen LogP contribution in [0.2, 0.25) is 5.02 Å². The van der Waals surface area contributed by atoms with Gasteiger partial charge in [0.15, 0.2) is 11.5 Å². The summed E-state index contributed by atoms with van der Waals surface area (Å²) < 4.78 is 31.6. The highest BCUT2D eigenvalue weighted by atomic mass is 35.5. The molecule has 0 N–H and O–H groups in total. The van der Waals surface area contributed by atoms with E-state index in [-0.39, 0.29) is 41.5 Å². The van der Waals surface area contributed by atoms with Gasteiger partial charge in [0.2, 0.25) is 0 Å². The number of hydrogen-bond donors (Lipinski definition) is 0. The van der Waals surface area contributed by atoms with Crippen molar-refractivity contribution in [1.29, 1.82) is 0 Å². The second-order valence-corrected chi connectivity index (χ2v) is 10.2. The first-order valence-electron chi connectivity index (χ1n) is 12.6. The van der Waals surface area contributed by atoms with Gasteiger partial charge in [-0.2, -0.15) is 0 Å². The van der Waals surface area contributed by atoms with Gasteiger partial charge in [0, 0.05) is 10.9 Å². The lowest BCUT2D eigenvalue weighted by Crippen LogP contribution is -2.32. The topological polar surface area (TPSA) is 65.1 Å². The Kier molecular flexibility index (Phi) is 8.57. The van der Waals surface area contributed by atoms with Crippen LogP contribution in [0.25, 0.3) is 16.8 Å². The van der Waals surface area contributed by atoms with Gasteiger partial charge in [-0.05, 0) is 66.0 Å². The number of carbonyl (C=O) groups excluding carboxylic acids is 2. The third kappa shape index (κ3) is 6.08. The quantitative estimate of drug-likeness (QED) is 0.180. The van der Waals surface area contributed by atoms with Crippen molar-refractivity contribution in [2.75, 3.05) is 19.8 Å². The monoisotopic (exact) mass is 577 g/mol. The molecular weight excluding hydrogens is 553 g/mol. The molecule has 4 aromatic carbocycles. The highest BCUT2D eigenvalue weighted by Crippen LogP contribution is 2.35. The molecule has 0 unspecified atom stereocenters. The summed E-state index contributed by atoms with van der Waals surface area (Å²) in [7, 11) is 0. The molecule has 0 atom stereocenters. The number of fused-ring (bicyclic) bond motifs is 1. The van der Waals surface area contributed by atoms with Crippen molar-refractivity contribution >= 4 is 51.4 Å². The highest BCUT2D eigenvalue weighted by molar-refractivity contribution is 8.18. The van der Waals surface area contributed by atoms with Crippen LogP contribution >= 0.6 is 23.4 Å². The largest absolute Gasteiger partial charge is 0.491 e. The third-order valence-electron chi connectivity index (χ3n) is 6.19. The number of nitrogens with zero attached hydrogens (tertiary/aromatic N) is 1. The molecule has 0 spiro atoms. The fourth-order valence-electron chi connectivity index (χ4n) is 4.23. The zero-order valence-corrected chi connectivity index (χ0v) is 23.1. The average Bonchev–Trinajstić information content (AvgIpc) is 3.21. The third-order valence-corrected chi connectivity index (χ3v) is 7.46. The van der Waals surface area contributed by atoms with Crippen LogP contribution in [-0.2, 0) is 11.4 Å². The van der Waals surface area contributed by atoms with Crippen LogP contribution in [0.15, 0.2) is 83.8 Å². The van der Waals surface area contributed by atoms with Crippen molar-refractivity contribution < 1.29 is 28.2 Å². The Balaban J connectivity index is 1.26. The van der Waals surface area contributed by atoms with Gasteiger partial charge >= 0.3 is 0 Å². The number of imide groups is 1. The molecule has 4 aromatic rings. The maximum Gasteiger partial charge on any atom is 0.293 e. The van der Waals surface area contributed by atoms with Crippen LogP contribution < -0.4 is 14.2 Å². The van der Waals surface area contributed by atoms with E-state index in [9.17, 15) is 14.0 Å². The van der Waals surface area contributed by atoms with E-state index in [0.29, 0.717) is 34.3 Å². The number of thioether (sulfide) groups is 1. The normalized spacial score (nSPS) is 14.3. The fraction of sp³-hybridized carbons (Fsp3) is 0.161. The zero-order chi connectivity index (χ0) is 28.1. The molecule has 5 rings (SSSR count). The molecule has 2 amide bonds. The Morgan fingerprint density at radius 1 is 0.900 bits per heavy atom. The molecule has 0 aliphatic carbocycles. The summed E-state index contributed by atoms with van der Waals surface area (Å²) in [4.78, 5) is 27.1. The Bertz CT molecular complexity index is 1580. The summed E-state index contributed by atoms with van der Waals surface area (Å²) in [5, 5.41) is 1.93. The fourth-order valence-corrected chi connectivity index (χ4v) is 5.32. The van der Waals surface area contributed by atoms with E-state index < -0.39 is 5.82 Å². The maximum absolute atomic E-state index is 14.1. The first-order valence-corrected chi connectivity index (χ1v) is 13.8. The first kappa shape index (κ1) is 27.6. The van der Waals surface area contributed by atoms with Crippen molar-refractivity contribution in [2.45, 2.75) is 13.5 Å². The molecule has 0 radical (unpaired) electrons. The van der Waals surface area contributed by atoms with Crippen LogP contribution in [0.4, 0.5) is 9.18 Å². The standard InChI is InChI=1S/C31H25ClFNO5S/c1-2-37-28-17-20(13-14-27(28)39-19-23-24(32)10-6-11-25(23)33)18-29-30(35)34(31(36)40-29)15-16-38-26-12-5-8-21-7-3-4-9-22(21)26/h3-14,17-18H,2,15-16,19H2,1H3/b29-18-. The van der Waals surface area contributed by atoms with E-state index in [4.69, 9.17) is 25.8 Å². The van der Waals surface area contributed by atoms with E-state index in [0.717, 1.165) is 22.5 Å². The first-order chi connectivity index (χ1) is 19.4. The molecule has 40 heavy (non-hydrogen) atoms. The predicted molar refractivity (Wildman–Crippen MR) is 155 cm³/mol. The minimum atomic E-state index is -0.458. The van der Waals surface area contributed by atoms with Gasteiger partial charge in [-0.25, -0.2) is 4.39 Å². The summed E-state index contributed by atoms with van der Waals surface area (Å²) in [5.41, 5.74) is 0.894. The van der Waals surface area contributed by atoms with E-state index in [1.54, 1.807) is 30.3 Å². The summed E-state index contributed by atoms with van der Waals surface area (Å²) in [6, 6.07) is 23.2. The van der Waals surface area contributed by atoms with Crippen LogP contribution in [0.3, 0.4) is 0 Å². The van der Waals surface area contributed by atoms with E-state index in [2.05, 4.69) is 0 Å². The molecule has 0 saturated carbocycles. The lowest BCUT2D eigenvalue weighted by atomic mass is 10.1. The van der Waals surface area contributed by atoms with Crippen LogP contribution in [0.1, 0.15) is 18.1 Å². The molecule has 1 heterocycles. The maximum atomic E-state index is 14.1. The number of benzene rings is 4. The summed E-state index contributed by atoms with van der Waals surface area (Å²) >= 11 is 6.98. The van der Waals surface area contributed by atoms with Gasteiger partial charge in [0.1, 0.15) is 24.8 Å². The number of hydrogen-bond acceptors (Lipinski definition) is 6. The summed E-state index contributed by atoms with van der Waals surface area (Å²) in [6.45, 7) is 2.42. The second kappa shape index (κ2) is 12.4. The lowest BCUT2D eigenvalue weighted by Gasteiger charge is -2.14. The Morgan fingerprint density at radius 3 is 2.52 bits per heavy atom. The van der Waals surface area contributed by atoms with Gasteiger partial charge in [-0.1, -0.05) is 60.1 Å². The Labute approximate surface area is 240 Å². The van der Waals surface area contributed by atoms with Crippen molar-refractivity contribution in [3.63, 3.8) is 0 Å². The smallest absolute Gasteiger partial charge is 0.293 e. The molecule has 6 nitrogen and oxygen atoms in total. The van der Waals surface area contributed by atoms with Gasteiger partial charge in [0.05, 0.1) is 23.1 Å². The second-order valence-electron chi connectivity index (χ2n) is 8.79. The Hall–Kier alpha value is -4.01. The molecule has 9 heteroatoms. The predicted octanol–water partition coefficient (Wildman–Crippen LogP) is 7.73. The van der Waals surface area contributed by atoms with Crippen molar-refractivity contribution in [3.8, 4) is 17.2 Å². The van der Waals surface area contributed by atoms with Gasteiger partial charge in [0.25, 0.3) is 11.1 Å². The lowest BCUT2D eigenvalue weighted by molar-refractivity contribution is -0.123. The summed E-state index contributed by atoms with van der Waals surface area (Å²) in [6.07, 6.45) is 1.64. The van der Waals surface area contributed by atoms with Crippen molar-refractivity contribution in [3.05, 3.63) is 106 Å². The minimum Gasteiger partial charge on any atom is -0.491 e. The zero-order valence-electron chi connectivity index (χ0n) is 21.6. The van der Waals surface area contributed by atoms with E-state index >= 15 is 0 Å². The molecule has 0 aromatic heterocycles. The molecule has 1 aliphatic rings. The van der Waals surface area contributed by atoms with Crippen LogP contribution in [0, 0.1) is 5.82 Å². The van der Waals surface area contributed by atoms with Gasteiger partial charge in [-0.3, -0.25) is 14.5 Å². The Morgan fingerprint density at radius 2 is 1.70 bits per heavy atom. The van der Waals surface area contributed by atoms with Crippen LogP contribution in [-0.4, -0.2) is 35.8 Å². The number of rotatable bonds is 10. The number of halogens is 2. The van der Waals surface area contributed by atoms with E-state index in [1.807, 2.05) is 49.4 Å². The van der Waals surface area contributed by atoms with Gasteiger partial charge in [-0.15, -0.1) is 0 Å². The van der Waals surface area contributed by atoms with Gasteiger partial charge < -0.3 is 14.2 Å². The number of carbonyl (C=O) groups is 2. The summed E-state index contributed by atoms with van der Waals surface area (Å²) in [5.74, 6) is 0.677. The van der Waals surface area contributed by atoms with Crippen molar-refractivity contribution in [1.82, 2.24) is 4.90 Å². The van der Waals surface area contributed by atoms with Crippen molar-refractivity contribution in [2.24, 2.45) is 0 Å². The highest BCUT2D eigenvalue weighted by Gasteiger charge is 2.34. The molecular formula is C31H25ClFNO5S. The average molecular weight is 578 g/mol. The number of amides is 2. The molecule has 1 saturated heterocycles. The van der Waals surface area contributed by atoms with Crippen LogP contribution in [0.5, 0.6) is 17.2 Å². The molecule has 1 fully saturated rings. The molecule has 0 bridgehead atoms. The minimum absolute atomic E-state index is 0.0787. The molecule has 204 valence electrons. The van der Waals surface area contributed by atoms with E-state index in [1.165, 1.54) is 17.0 Å². The SMILES string of the molecule is CCOc1cc(/C=C2\SC(=O)N(CCOc3cccc4ccccc34)C2=O)ccc1OCc1c(F)cccc1Cl. The molecule has 1 aliphatic heterocycles.